The number of ether oxygens (including phenoxy) is 1. The number of carboxylic acid groups (broad SMARTS) is 1. The van der Waals surface area contributed by atoms with Gasteiger partial charge in [0.2, 0.25) is 0 Å². The van der Waals surface area contributed by atoms with Crippen LogP contribution in [0.1, 0.15) is 51.6 Å². The van der Waals surface area contributed by atoms with E-state index in [-0.39, 0.29) is 17.2 Å². The van der Waals surface area contributed by atoms with Crippen LogP contribution in [0.3, 0.4) is 0 Å². The number of fused-ring (bicyclic) bond motifs is 2. The summed E-state index contributed by atoms with van der Waals surface area (Å²) in [6.45, 7) is 10.9. The molecule has 47 heavy (non-hydrogen) atoms. The first-order valence-electron chi connectivity index (χ1n) is 15.6. The van der Waals surface area contributed by atoms with Gasteiger partial charge in [-0.2, -0.15) is 0 Å². The summed E-state index contributed by atoms with van der Waals surface area (Å²) in [5, 5.41) is 11.9. The standard InChI is InChI=1S/C39H38FN3O3S/c1-38(2,3)47-36-31-21-30(46-24-29-15-13-27-20-28(40)14-17-33(27)42-29)16-18-34(31)43(35(36)22-39(4,5)37(44)45)23-25-9-11-26(12-10-25)32-8-6-7-19-41-32/h6-21H,22-24H2,1-5H3,(H,44,45). The lowest BCUT2D eigenvalue weighted by atomic mass is 9.88. The fourth-order valence-corrected chi connectivity index (χ4v) is 6.78. The Hall–Kier alpha value is -4.69. The second kappa shape index (κ2) is 12.8. The molecule has 6 nitrogen and oxygen atoms in total. The van der Waals surface area contributed by atoms with Crippen LogP contribution in [0.15, 0.2) is 102 Å². The zero-order chi connectivity index (χ0) is 33.3. The van der Waals surface area contributed by atoms with Gasteiger partial charge in [0.15, 0.2) is 0 Å². The number of aromatic nitrogens is 3. The maximum absolute atomic E-state index is 13.6. The van der Waals surface area contributed by atoms with Gasteiger partial charge >= 0.3 is 5.97 Å². The van der Waals surface area contributed by atoms with Crippen molar-refractivity contribution >= 4 is 39.5 Å². The highest BCUT2D eigenvalue weighted by Crippen LogP contribution is 2.44. The Morgan fingerprint density at radius 1 is 0.936 bits per heavy atom. The van der Waals surface area contributed by atoms with E-state index in [4.69, 9.17) is 4.74 Å². The molecule has 6 aromatic rings. The Morgan fingerprint density at radius 3 is 2.43 bits per heavy atom. The third-order valence-electron chi connectivity index (χ3n) is 8.04. The van der Waals surface area contributed by atoms with Crippen LogP contribution in [0.25, 0.3) is 33.1 Å². The molecule has 0 aliphatic rings. The first-order valence-corrected chi connectivity index (χ1v) is 16.4. The number of hydrogen-bond donors (Lipinski definition) is 1. The molecule has 0 saturated heterocycles. The predicted molar refractivity (Wildman–Crippen MR) is 187 cm³/mol. The zero-order valence-corrected chi connectivity index (χ0v) is 28.1. The maximum atomic E-state index is 13.6. The normalized spacial score (nSPS) is 12.1. The lowest BCUT2D eigenvalue weighted by molar-refractivity contribution is -0.146. The number of carboxylic acids is 1. The summed E-state index contributed by atoms with van der Waals surface area (Å²) in [5.41, 5.74) is 5.53. The van der Waals surface area contributed by atoms with Crippen LogP contribution in [-0.2, 0) is 24.4 Å². The van der Waals surface area contributed by atoms with Crippen molar-refractivity contribution in [2.75, 3.05) is 0 Å². The van der Waals surface area contributed by atoms with Crippen molar-refractivity contribution in [2.24, 2.45) is 5.41 Å². The first kappa shape index (κ1) is 32.3. The lowest BCUT2D eigenvalue weighted by Crippen LogP contribution is -2.28. The van der Waals surface area contributed by atoms with E-state index in [0.29, 0.717) is 24.2 Å². The number of hydrogen-bond acceptors (Lipinski definition) is 5. The van der Waals surface area contributed by atoms with Gasteiger partial charge in [-0.1, -0.05) is 57.2 Å². The fourth-order valence-electron chi connectivity index (χ4n) is 5.59. The van der Waals surface area contributed by atoms with Crippen molar-refractivity contribution in [2.45, 2.75) is 63.8 Å². The summed E-state index contributed by atoms with van der Waals surface area (Å²) in [7, 11) is 0. The molecule has 0 unspecified atom stereocenters. The van der Waals surface area contributed by atoms with Gasteiger partial charge in [-0.3, -0.25) is 9.78 Å². The predicted octanol–water partition coefficient (Wildman–Crippen LogP) is 9.56. The minimum absolute atomic E-state index is 0.128. The quantitative estimate of drug-likeness (QED) is 0.149. The minimum Gasteiger partial charge on any atom is -0.487 e. The van der Waals surface area contributed by atoms with E-state index in [1.54, 1.807) is 37.9 Å². The summed E-state index contributed by atoms with van der Waals surface area (Å²) in [6.07, 6.45) is 2.15. The molecule has 0 bridgehead atoms. The van der Waals surface area contributed by atoms with Crippen LogP contribution >= 0.6 is 11.8 Å². The van der Waals surface area contributed by atoms with Gasteiger partial charge < -0.3 is 14.4 Å². The van der Waals surface area contributed by atoms with Crippen molar-refractivity contribution in [3.05, 3.63) is 120 Å². The maximum Gasteiger partial charge on any atom is 0.309 e. The Balaban J connectivity index is 1.39. The van der Waals surface area contributed by atoms with Crippen LogP contribution < -0.4 is 4.74 Å². The molecule has 0 radical (unpaired) electrons. The van der Waals surface area contributed by atoms with Gasteiger partial charge in [0.25, 0.3) is 0 Å². The van der Waals surface area contributed by atoms with Crippen LogP contribution in [0.2, 0.25) is 0 Å². The average molecular weight is 648 g/mol. The molecule has 0 spiro atoms. The van der Waals surface area contributed by atoms with E-state index in [2.05, 4.69) is 71.7 Å². The van der Waals surface area contributed by atoms with Gasteiger partial charge in [-0.25, -0.2) is 9.37 Å². The summed E-state index contributed by atoms with van der Waals surface area (Å²) in [5.74, 6) is -0.439. The van der Waals surface area contributed by atoms with E-state index in [1.165, 1.54) is 12.1 Å². The van der Waals surface area contributed by atoms with Crippen LogP contribution in [0.4, 0.5) is 4.39 Å². The van der Waals surface area contributed by atoms with Crippen LogP contribution in [0, 0.1) is 11.2 Å². The molecule has 6 rings (SSSR count). The third-order valence-corrected chi connectivity index (χ3v) is 9.31. The minimum atomic E-state index is -0.980. The van der Waals surface area contributed by atoms with Gasteiger partial charge in [0.1, 0.15) is 18.2 Å². The molecule has 0 aliphatic carbocycles. The van der Waals surface area contributed by atoms with Gasteiger partial charge in [0.05, 0.1) is 22.3 Å². The highest BCUT2D eigenvalue weighted by atomic mass is 32.2. The number of thioether (sulfide) groups is 1. The van der Waals surface area contributed by atoms with E-state index in [0.717, 1.165) is 49.4 Å². The lowest BCUT2D eigenvalue weighted by Gasteiger charge is -2.24. The van der Waals surface area contributed by atoms with E-state index in [1.807, 2.05) is 36.4 Å². The number of halogens is 1. The molecule has 0 amide bonds. The zero-order valence-electron chi connectivity index (χ0n) is 27.3. The molecule has 8 heteroatoms. The molecule has 0 atom stereocenters. The highest BCUT2D eigenvalue weighted by Gasteiger charge is 2.33. The molecular weight excluding hydrogens is 610 g/mol. The molecule has 3 heterocycles. The molecular formula is C39H38FN3O3S. The fraction of sp³-hybridized carbons (Fsp3) is 0.256. The summed E-state index contributed by atoms with van der Waals surface area (Å²) < 4.78 is 22.0. The molecule has 0 saturated carbocycles. The molecule has 240 valence electrons. The van der Waals surface area contributed by atoms with Gasteiger partial charge in [-0.05, 0) is 74.0 Å². The smallest absolute Gasteiger partial charge is 0.309 e. The topological polar surface area (TPSA) is 77.2 Å². The molecule has 1 N–H and O–H groups in total. The Labute approximate surface area is 278 Å². The second-order valence-electron chi connectivity index (χ2n) is 13.5. The molecule has 0 fully saturated rings. The van der Waals surface area contributed by atoms with Gasteiger partial charge in [-0.15, -0.1) is 11.8 Å². The Kier molecular flexibility index (Phi) is 8.81. The number of rotatable bonds is 10. The number of benzene rings is 3. The number of aliphatic carboxylic acids is 1. The SMILES string of the molecule is CC(C)(C)Sc1c(CC(C)(C)C(=O)O)n(Cc2ccc(-c3ccccn3)cc2)c2ccc(OCc3ccc4cc(F)ccc4n3)cc12. The monoisotopic (exact) mass is 647 g/mol. The summed E-state index contributed by atoms with van der Waals surface area (Å²) in [6, 6.07) is 28.6. The highest BCUT2D eigenvalue weighted by molar-refractivity contribution is 8.00. The third kappa shape index (κ3) is 7.33. The molecule has 0 aliphatic heterocycles. The largest absolute Gasteiger partial charge is 0.487 e. The van der Waals surface area contributed by atoms with Crippen molar-refractivity contribution in [3.63, 3.8) is 0 Å². The van der Waals surface area contributed by atoms with E-state index >= 15 is 0 Å². The van der Waals surface area contributed by atoms with E-state index < -0.39 is 11.4 Å². The average Bonchev–Trinajstić information content (AvgIpc) is 3.29. The Morgan fingerprint density at radius 2 is 1.72 bits per heavy atom. The molecule has 3 aromatic carbocycles. The molecule has 3 aromatic heterocycles. The van der Waals surface area contributed by atoms with Crippen LogP contribution in [-0.4, -0.2) is 30.4 Å². The van der Waals surface area contributed by atoms with Crippen molar-refractivity contribution < 1.29 is 19.0 Å². The summed E-state index contributed by atoms with van der Waals surface area (Å²) >= 11 is 1.75. The first-order chi connectivity index (χ1) is 22.4. The van der Waals surface area contributed by atoms with E-state index in [9.17, 15) is 14.3 Å². The number of pyridine rings is 2. The van der Waals surface area contributed by atoms with Crippen molar-refractivity contribution in [3.8, 4) is 17.0 Å². The Bertz CT molecular complexity index is 2070. The number of carbonyl (C=O) groups is 1. The van der Waals surface area contributed by atoms with Crippen molar-refractivity contribution in [1.29, 1.82) is 0 Å². The number of nitrogens with zero attached hydrogens (tertiary/aromatic N) is 3. The van der Waals surface area contributed by atoms with Crippen LogP contribution in [0.5, 0.6) is 5.75 Å². The summed E-state index contributed by atoms with van der Waals surface area (Å²) in [4.78, 5) is 22.6. The van der Waals surface area contributed by atoms with Gasteiger partial charge in [0, 0.05) is 56.4 Å². The van der Waals surface area contributed by atoms with Crippen molar-refractivity contribution in [1.82, 2.24) is 14.5 Å². The second-order valence-corrected chi connectivity index (χ2v) is 15.3.